The predicted molar refractivity (Wildman–Crippen MR) is 69.2 cm³/mol. The van der Waals surface area contributed by atoms with Crippen molar-refractivity contribution in [3.05, 3.63) is 29.3 Å². The van der Waals surface area contributed by atoms with E-state index in [0.717, 1.165) is 0 Å². The summed E-state index contributed by atoms with van der Waals surface area (Å²) in [6.45, 7) is 3.73. The van der Waals surface area contributed by atoms with Gasteiger partial charge in [-0.2, -0.15) is 0 Å². The Morgan fingerprint density at radius 2 is 2.05 bits per heavy atom. The number of aromatic hydroxyl groups is 1. The van der Waals surface area contributed by atoms with E-state index in [-0.39, 0.29) is 11.7 Å². The molecule has 0 radical (unpaired) electrons. The number of hydrogen-bond donors (Lipinski definition) is 2. The zero-order valence-electron chi connectivity index (χ0n) is 11.0. The molecule has 1 heterocycles. The van der Waals surface area contributed by atoms with Crippen LogP contribution in [0, 0.1) is 6.92 Å². The molecule has 5 heteroatoms. The molecule has 19 heavy (non-hydrogen) atoms. The number of carboxylic acids is 1. The second-order valence-electron chi connectivity index (χ2n) is 5.14. The molecule has 0 bridgehead atoms. The number of aliphatic carboxylic acids is 1. The number of benzene rings is 1. The maximum Gasteiger partial charge on any atom is 0.329 e. The Morgan fingerprint density at radius 1 is 1.37 bits per heavy atom. The first-order chi connectivity index (χ1) is 8.86. The summed E-state index contributed by atoms with van der Waals surface area (Å²) in [5, 5.41) is 18.9. The van der Waals surface area contributed by atoms with Crippen LogP contribution in [0.1, 0.15) is 35.7 Å². The van der Waals surface area contributed by atoms with Crippen LogP contribution in [-0.4, -0.2) is 39.1 Å². The summed E-state index contributed by atoms with van der Waals surface area (Å²) >= 11 is 0. The molecule has 1 fully saturated rings. The first-order valence-corrected chi connectivity index (χ1v) is 6.21. The SMILES string of the molecule is Cc1ccc(C(=O)N2CCCC2(C)C(=O)O)cc1O. The van der Waals surface area contributed by atoms with Crippen molar-refractivity contribution in [1.82, 2.24) is 4.90 Å². The average Bonchev–Trinajstić information content (AvgIpc) is 2.75. The molecule has 0 spiro atoms. The molecule has 1 unspecified atom stereocenters. The van der Waals surface area contributed by atoms with Gasteiger partial charge < -0.3 is 15.1 Å². The number of amides is 1. The Hall–Kier alpha value is -2.04. The van der Waals surface area contributed by atoms with Crippen LogP contribution < -0.4 is 0 Å². The number of phenols is 1. The highest BCUT2D eigenvalue weighted by atomic mass is 16.4. The van der Waals surface area contributed by atoms with Crippen LogP contribution >= 0.6 is 0 Å². The number of carbonyl (C=O) groups excluding carboxylic acids is 1. The Morgan fingerprint density at radius 3 is 2.63 bits per heavy atom. The van der Waals surface area contributed by atoms with Crippen LogP contribution in [0.4, 0.5) is 0 Å². The van der Waals surface area contributed by atoms with Gasteiger partial charge in [0.1, 0.15) is 11.3 Å². The minimum atomic E-state index is -1.16. The molecule has 1 aliphatic rings. The second kappa shape index (κ2) is 4.57. The molecule has 0 saturated carbocycles. The summed E-state index contributed by atoms with van der Waals surface area (Å²) in [6, 6.07) is 4.65. The van der Waals surface area contributed by atoms with Crippen LogP contribution in [0.3, 0.4) is 0 Å². The van der Waals surface area contributed by atoms with Gasteiger partial charge in [-0.05, 0) is 44.4 Å². The van der Waals surface area contributed by atoms with E-state index in [1.54, 1.807) is 26.0 Å². The molecule has 0 aromatic heterocycles. The molecule has 102 valence electrons. The van der Waals surface area contributed by atoms with Crippen LogP contribution in [0.25, 0.3) is 0 Å². The topological polar surface area (TPSA) is 77.8 Å². The third-order valence-corrected chi connectivity index (χ3v) is 3.80. The number of phenolic OH excluding ortho intramolecular Hbond substituents is 1. The quantitative estimate of drug-likeness (QED) is 0.852. The van der Waals surface area contributed by atoms with E-state index in [2.05, 4.69) is 0 Å². The van der Waals surface area contributed by atoms with Crippen molar-refractivity contribution in [3.63, 3.8) is 0 Å². The third kappa shape index (κ3) is 2.16. The average molecular weight is 263 g/mol. The number of aryl methyl sites for hydroxylation is 1. The van der Waals surface area contributed by atoms with Crippen LogP contribution in [0.15, 0.2) is 18.2 Å². The van der Waals surface area contributed by atoms with Crippen LogP contribution in [0.2, 0.25) is 0 Å². The molecular weight excluding hydrogens is 246 g/mol. The zero-order valence-corrected chi connectivity index (χ0v) is 11.0. The smallest absolute Gasteiger partial charge is 0.329 e. The van der Waals surface area contributed by atoms with E-state index in [1.807, 2.05) is 0 Å². The van der Waals surface area contributed by atoms with E-state index < -0.39 is 11.5 Å². The molecule has 1 aliphatic heterocycles. The summed E-state index contributed by atoms with van der Waals surface area (Å²) in [5.74, 6) is -1.30. The van der Waals surface area contributed by atoms with E-state index in [0.29, 0.717) is 30.5 Å². The Labute approximate surface area is 111 Å². The maximum absolute atomic E-state index is 12.4. The van der Waals surface area contributed by atoms with Gasteiger partial charge in [-0.1, -0.05) is 6.07 Å². The standard InChI is InChI=1S/C14H17NO4/c1-9-4-5-10(8-11(9)16)12(17)15-7-3-6-14(15,2)13(18)19/h4-5,8,16H,3,6-7H2,1-2H3,(H,18,19). The molecule has 1 saturated heterocycles. The normalized spacial score (nSPS) is 22.5. The maximum atomic E-state index is 12.4. The molecule has 1 aromatic rings. The Kier molecular flexibility index (Phi) is 3.22. The monoisotopic (exact) mass is 263 g/mol. The minimum Gasteiger partial charge on any atom is -0.508 e. The Bertz CT molecular complexity index is 540. The van der Waals surface area contributed by atoms with Gasteiger partial charge in [0.05, 0.1) is 0 Å². The lowest BCUT2D eigenvalue weighted by molar-refractivity contribution is -0.147. The van der Waals surface area contributed by atoms with Gasteiger partial charge in [-0.15, -0.1) is 0 Å². The Balaban J connectivity index is 2.33. The molecule has 1 aromatic carbocycles. The molecule has 2 N–H and O–H groups in total. The van der Waals surface area contributed by atoms with Gasteiger partial charge in [0, 0.05) is 12.1 Å². The van der Waals surface area contributed by atoms with E-state index in [9.17, 15) is 19.8 Å². The molecule has 1 amide bonds. The van der Waals surface area contributed by atoms with E-state index >= 15 is 0 Å². The van der Waals surface area contributed by atoms with Gasteiger partial charge in [-0.25, -0.2) is 4.79 Å². The predicted octanol–water partition coefficient (Wildman–Crippen LogP) is 1.78. The lowest BCUT2D eigenvalue weighted by atomic mass is 9.98. The largest absolute Gasteiger partial charge is 0.508 e. The van der Waals surface area contributed by atoms with Crippen molar-refractivity contribution >= 4 is 11.9 Å². The minimum absolute atomic E-state index is 0.0436. The number of carboxylic acid groups (broad SMARTS) is 1. The van der Waals surface area contributed by atoms with Crippen molar-refractivity contribution in [2.75, 3.05) is 6.54 Å². The van der Waals surface area contributed by atoms with Gasteiger partial charge >= 0.3 is 5.97 Å². The summed E-state index contributed by atoms with van der Waals surface area (Å²) in [6.07, 6.45) is 1.12. The number of likely N-dealkylation sites (tertiary alicyclic amines) is 1. The summed E-state index contributed by atoms with van der Waals surface area (Å²) in [7, 11) is 0. The first-order valence-electron chi connectivity index (χ1n) is 6.21. The van der Waals surface area contributed by atoms with Crippen molar-refractivity contribution in [1.29, 1.82) is 0 Å². The lowest BCUT2D eigenvalue weighted by Gasteiger charge is -2.31. The third-order valence-electron chi connectivity index (χ3n) is 3.80. The first kappa shape index (κ1) is 13.4. The summed E-state index contributed by atoms with van der Waals surface area (Å²) in [5.41, 5.74) is -0.158. The molecule has 1 atom stereocenters. The number of rotatable bonds is 2. The lowest BCUT2D eigenvalue weighted by Crippen LogP contribution is -2.50. The van der Waals surface area contributed by atoms with Gasteiger partial charge in [0.15, 0.2) is 0 Å². The second-order valence-corrected chi connectivity index (χ2v) is 5.14. The van der Waals surface area contributed by atoms with Crippen molar-refractivity contribution in [2.24, 2.45) is 0 Å². The highest BCUT2D eigenvalue weighted by Gasteiger charge is 2.46. The number of carbonyl (C=O) groups is 2. The molecule has 0 aliphatic carbocycles. The van der Waals surface area contributed by atoms with E-state index in [1.165, 1.54) is 11.0 Å². The van der Waals surface area contributed by atoms with Crippen LogP contribution in [-0.2, 0) is 4.79 Å². The molecular formula is C14H17NO4. The zero-order chi connectivity index (χ0) is 14.2. The summed E-state index contributed by atoms with van der Waals surface area (Å²) in [4.78, 5) is 25.1. The van der Waals surface area contributed by atoms with Gasteiger partial charge in [0.2, 0.25) is 0 Å². The van der Waals surface area contributed by atoms with Crippen molar-refractivity contribution < 1.29 is 19.8 Å². The fourth-order valence-corrected chi connectivity index (χ4v) is 2.41. The molecule has 2 rings (SSSR count). The summed E-state index contributed by atoms with van der Waals surface area (Å²) < 4.78 is 0. The van der Waals surface area contributed by atoms with Gasteiger partial charge in [0.25, 0.3) is 5.91 Å². The highest BCUT2D eigenvalue weighted by Crippen LogP contribution is 2.31. The molecule has 5 nitrogen and oxygen atoms in total. The van der Waals surface area contributed by atoms with Crippen molar-refractivity contribution in [2.45, 2.75) is 32.2 Å². The fourth-order valence-electron chi connectivity index (χ4n) is 2.41. The highest BCUT2D eigenvalue weighted by molar-refractivity contribution is 5.98. The van der Waals surface area contributed by atoms with Crippen LogP contribution in [0.5, 0.6) is 5.75 Å². The van der Waals surface area contributed by atoms with E-state index in [4.69, 9.17) is 0 Å². The van der Waals surface area contributed by atoms with Crippen molar-refractivity contribution in [3.8, 4) is 5.75 Å². The number of hydrogen-bond acceptors (Lipinski definition) is 3. The number of nitrogens with zero attached hydrogens (tertiary/aromatic N) is 1. The van der Waals surface area contributed by atoms with Gasteiger partial charge in [-0.3, -0.25) is 4.79 Å². The fraction of sp³-hybridized carbons (Fsp3) is 0.429.